The molecular weight excluding hydrogens is 296 g/mol. The second-order valence-electron chi connectivity index (χ2n) is 6.83. The largest absolute Gasteiger partial charge is 0.353 e. The van der Waals surface area contributed by atoms with Crippen LogP contribution in [-0.4, -0.2) is 22.6 Å². The second-order valence-corrected chi connectivity index (χ2v) is 6.83. The zero-order valence-corrected chi connectivity index (χ0v) is 15.3. The molecule has 3 rings (SSSR count). The van der Waals surface area contributed by atoms with E-state index < -0.39 is 0 Å². The van der Waals surface area contributed by atoms with E-state index in [2.05, 4.69) is 60.2 Å². The minimum absolute atomic E-state index is 0.600. The van der Waals surface area contributed by atoms with E-state index in [1.54, 1.807) is 0 Å². The second kappa shape index (κ2) is 7.20. The lowest BCUT2D eigenvalue weighted by Gasteiger charge is -2.36. The van der Waals surface area contributed by atoms with Gasteiger partial charge in [0.15, 0.2) is 0 Å². The number of aromatic nitrogens is 2. The first-order valence-corrected chi connectivity index (χ1v) is 9.03. The van der Waals surface area contributed by atoms with Crippen LogP contribution in [0.5, 0.6) is 0 Å². The summed E-state index contributed by atoms with van der Waals surface area (Å²) in [4.78, 5) is 11.7. The maximum Gasteiger partial charge on any atom is 0.136 e. The van der Waals surface area contributed by atoms with Crippen molar-refractivity contribution in [3.05, 3.63) is 41.2 Å². The van der Waals surface area contributed by atoms with Crippen LogP contribution in [0.1, 0.15) is 49.6 Å². The van der Waals surface area contributed by atoms with Gasteiger partial charge in [-0.1, -0.05) is 13.0 Å². The SMILES string of the molecule is CCC1CCCCN1c1cc(Nc2ccc(C)c(C)c2)nc(C)n1. The van der Waals surface area contributed by atoms with Crippen LogP contribution in [0.25, 0.3) is 0 Å². The molecule has 1 unspecified atom stereocenters. The Morgan fingerprint density at radius 2 is 1.92 bits per heavy atom. The molecule has 1 atom stereocenters. The number of aryl methyl sites for hydroxylation is 3. The summed E-state index contributed by atoms with van der Waals surface area (Å²) < 4.78 is 0. The van der Waals surface area contributed by atoms with Crippen molar-refractivity contribution in [2.24, 2.45) is 0 Å². The van der Waals surface area contributed by atoms with E-state index in [4.69, 9.17) is 4.98 Å². The first kappa shape index (κ1) is 16.7. The van der Waals surface area contributed by atoms with E-state index in [1.807, 2.05) is 6.92 Å². The van der Waals surface area contributed by atoms with Crippen molar-refractivity contribution in [3.8, 4) is 0 Å². The van der Waals surface area contributed by atoms with Gasteiger partial charge in [0, 0.05) is 24.3 Å². The van der Waals surface area contributed by atoms with E-state index in [-0.39, 0.29) is 0 Å². The van der Waals surface area contributed by atoms with Crippen LogP contribution in [0, 0.1) is 20.8 Å². The number of benzene rings is 1. The first-order chi connectivity index (χ1) is 11.6. The third-order valence-electron chi connectivity index (χ3n) is 5.00. The van der Waals surface area contributed by atoms with Gasteiger partial charge in [-0.05, 0) is 69.7 Å². The minimum Gasteiger partial charge on any atom is -0.353 e. The summed E-state index contributed by atoms with van der Waals surface area (Å²) in [6.45, 7) is 9.60. The van der Waals surface area contributed by atoms with Crippen LogP contribution in [0.2, 0.25) is 0 Å². The number of hydrogen-bond donors (Lipinski definition) is 1. The Morgan fingerprint density at radius 1 is 1.08 bits per heavy atom. The fraction of sp³-hybridized carbons (Fsp3) is 0.500. The number of hydrogen-bond acceptors (Lipinski definition) is 4. The highest BCUT2D eigenvalue weighted by molar-refractivity contribution is 5.61. The number of piperidine rings is 1. The quantitative estimate of drug-likeness (QED) is 0.867. The van der Waals surface area contributed by atoms with Crippen molar-refractivity contribution >= 4 is 17.3 Å². The third-order valence-corrected chi connectivity index (χ3v) is 5.00. The molecule has 0 saturated carbocycles. The Morgan fingerprint density at radius 3 is 2.67 bits per heavy atom. The van der Waals surface area contributed by atoms with Crippen LogP contribution in [-0.2, 0) is 0 Å². The van der Waals surface area contributed by atoms with Crippen molar-refractivity contribution in [3.63, 3.8) is 0 Å². The maximum absolute atomic E-state index is 4.70. The summed E-state index contributed by atoms with van der Waals surface area (Å²) in [5, 5.41) is 3.45. The summed E-state index contributed by atoms with van der Waals surface area (Å²) in [7, 11) is 0. The summed E-state index contributed by atoms with van der Waals surface area (Å²) in [5.41, 5.74) is 3.67. The van der Waals surface area contributed by atoms with Crippen molar-refractivity contribution in [2.75, 3.05) is 16.8 Å². The molecule has 4 heteroatoms. The molecule has 1 aromatic heterocycles. The van der Waals surface area contributed by atoms with E-state index in [1.165, 1.54) is 36.8 Å². The lowest BCUT2D eigenvalue weighted by Crippen LogP contribution is -2.39. The Bertz CT molecular complexity index is 711. The van der Waals surface area contributed by atoms with Crippen LogP contribution >= 0.6 is 0 Å². The molecule has 2 aromatic rings. The van der Waals surface area contributed by atoms with Gasteiger partial charge in [-0.15, -0.1) is 0 Å². The molecule has 2 heterocycles. The molecule has 1 fully saturated rings. The van der Waals surface area contributed by atoms with Gasteiger partial charge >= 0.3 is 0 Å². The lowest BCUT2D eigenvalue weighted by molar-refractivity contribution is 0.446. The van der Waals surface area contributed by atoms with Gasteiger partial charge in [-0.25, -0.2) is 9.97 Å². The molecule has 0 radical (unpaired) electrons. The normalized spacial score (nSPS) is 17.8. The molecule has 4 nitrogen and oxygen atoms in total. The highest BCUT2D eigenvalue weighted by Gasteiger charge is 2.22. The summed E-state index contributed by atoms with van der Waals surface area (Å²) >= 11 is 0. The summed E-state index contributed by atoms with van der Waals surface area (Å²) in [5.74, 6) is 2.75. The van der Waals surface area contributed by atoms with Gasteiger partial charge in [0.25, 0.3) is 0 Å². The van der Waals surface area contributed by atoms with Crippen LogP contribution in [0.15, 0.2) is 24.3 Å². The smallest absolute Gasteiger partial charge is 0.136 e. The van der Waals surface area contributed by atoms with E-state index >= 15 is 0 Å². The Hall–Kier alpha value is -2.10. The van der Waals surface area contributed by atoms with Crippen LogP contribution < -0.4 is 10.2 Å². The lowest BCUT2D eigenvalue weighted by atomic mass is 10.00. The van der Waals surface area contributed by atoms with Crippen molar-refractivity contribution < 1.29 is 0 Å². The van der Waals surface area contributed by atoms with E-state index in [0.29, 0.717) is 6.04 Å². The predicted octanol–water partition coefficient (Wildman–Crippen LogP) is 4.91. The van der Waals surface area contributed by atoms with E-state index in [0.717, 1.165) is 29.7 Å². The fourth-order valence-corrected chi connectivity index (χ4v) is 3.46. The van der Waals surface area contributed by atoms with Crippen LogP contribution in [0.4, 0.5) is 17.3 Å². The molecular formula is C20H28N4. The molecule has 0 amide bonds. The first-order valence-electron chi connectivity index (χ1n) is 9.03. The number of nitrogens with one attached hydrogen (secondary N) is 1. The molecule has 24 heavy (non-hydrogen) atoms. The van der Waals surface area contributed by atoms with Crippen molar-refractivity contribution in [1.82, 2.24) is 9.97 Å². The number of rotatable bonds is 4. The monoisotopic (exact) mass is 324 g/mol. The average Bonchev–Trinajstić information content (AvgIpc) is 2.57. The highest BCUT2D eigenvalue weighted by Crippen LogP contribution is 2.27. The standard InChI is InChI=1S/C20H28N4/c1-5-18-8-6-7-11-24(18)20-13-19(21-16(4)22-20)23-17-10-9-14(2)15(3)12-17/h9-10,12-13,18H,5-8,11H2,1-4H3,(H,21,22,23). The maximum atomic E-state index is 4.70. The topological polar surface area (TPSA) is 41.0 Å². The Kier molecular flexibility index (Phi) is 5.03. The van der Waals surface area contributed by atoms with Gasteiger partial charge in [-0.3, -0.25) is 0 Å². The highest BCUT2D eigenvalue weighted by atomic mass is 15.2. The molecule has 1 saturated heterocycles. The van der Waals surface area contributed by atoms with Gasteiger partial charge in [0.05, 0.1) is 0 Å². The van der Waals surface area contributed by atoms with Gasteiger partial charge < -0.3 is 10.2 Å². The summed E-state index contributed by atoms with van der Waals surface area (Å²) in [6.07, 6.45) is 5.01. The number of nitrogens with zero attached hydrogens (tertiary/aromatic N) is 3. The zero-order valence-electron chi connectivity index (χ0n) is 15.3. The summed E-state index contributed by atoms with van der Waals surface area (Å²) in [6, 6.07) is 9.11. The Labute approximate surface area is 145 Å². The molecule has 1 aliphatic rings. The molecule has 0 aliphatic carbocycles. The number of anilines is 3. The molecule has 1 N–H and O–H groups in total. The molecule has 0 bridgehead atoms. The molecule has 1 aromatic carbocycles. The van der Waals surface area contributed by atoms with Crippen molar-refractivity contribution in [2.45, 2.75) is 59.4 Å². The van der Waals surface area contributed by atoms with Crippen LogP contribution in [0.3, 0.4) is 0 Å². The van der Waals surface area contributed by atoms with Gasteiger partial charge in [-0.2, -0.15) is 0 Å². The third kappa shape index (κ3) is 3.69. The molecule has 128 valence electrons. The minimum atomic E-state index is 0.600. The van der Waals surface area contributed by atoms with Crippen molar-refractivity contribution in [1.29, 1.82) is 0 Å². The predicted molar refractivity (Wildman–Crippen MR) is 101 cm³/mol. The van der Waals surface area contributed by atoms with E-state index in [9.17, 15) is 0 Å². The van der Waals surface area contributed by atoms with Gasteiger partial charge in [0.2, 0.25) is 0 Å². The molecule has 1 aliphatic heterocycles. The zero-order chi connectivity index (χ0) is 17.1. The average molecular weight is 324 g/mol. The molecule has 0 spiro atoms. The fourth-order valence-electron chi connectivity index (χ4n) is 3.46. The Balaban J connectivity index is 1.86. The van der Waals surface area contributed by atoms with Gasteiger partial charge in [0.1, 0.15) is 17.5 Å².